The van der Waals surface area contributed by atoms with Gasteiger partial charge in [-0.15, -0.1) is 0 Å². The van der Waals surface area contributed by atoms with E-state index >= 15 is 0 Å². The minimum absolute atomic E-state index is 0.468. The first-order valence-corrected chi connectivity index (χ1v) is 6.84. The van der Waals surface area contributed by atoms with Crippen molar-refractivity contribution in [2.75, 3.05) is 19.0 Å². The van der Waals surface area contributed by atoms with E-state index in [1.165, 1.54) is 32.8 Å². The van der Waals surface area contributed by atoms with Gasteiger partial charge in [0.05, 0.1) is 13.7 Å². The molecule has 1 rings (SSSR count). The van der Waals surface area contributed by atoms with Gasteiger partial charge >= 0.3 is 6.09 Å². The highest BCUT2D eigenvalue weighted by atomic mass is 16.5. The van der Waals surface area contributed by atoms with E-state index in [4.69, 9.17) is 4.74 Å². The third-order valence-electron chi connectivity index (χ3n) is 2.80. The first-order valence-electron chi connectivity index (χ1n) is 6.84. The molecule has 106 valence electrons. The maximum Gasteiger partial charge on any atom is 0.411 e. The van der Waals surface area contributed by atoms with Gasteiger partial charge in [-0.1, -0.05) is 32.6 Å². The Morgan fingerprint density at radius 1 is 1.11 bits per heavy atom. The van der Waals surface area contributed by atoms with Gasteiger partial charge in [-0.3, -0.25) is 5.32 Å². The summed E-state index contributed by atoms with van der Waals surface area (Å²) >= 11 is 0. The van der Waals surface area contributed by atoms with E-state index in [1.54, 1.807) is 12.1 Å². The number of nitrogens with one attached hydrogen (secondary N) is 1. The minimum atomic E-state index is -0.468. The Bertz CT molecular complexity index is 362. The minimum Gasteiger partial charge on any atom is -0.494 e. The van der Waals surface area contributed by atoms with Crippen LogP contribution in [0.15, 0.2) is 24.3 Å². The van der Waals surface area contributed by atoms with E-state index in [1.807, 2.05) is 12.1 Å². The molecule has 1 amide bonds. The Balaban J connectivity index is 2.22. The number of unbranched alkanes of at least 4 members (excludes halogenated alkanes) is 4. The molecule has 0 aromatic heterocycles. The summed E-state index contributed by atoms with van der Waals surface area (Å²) in [5.41, 5.74) is 0.696. The van der Waals surface area contributed by atoms with Crippen LogP contribution in [0.2, 0.25) is 0 Å². The molecule has 1 N–H and O–H groups in total. The normalized spacial score (nSPS) is 10.0. The number of amides is 1. The Morgan fingerprint density at radius 3 is 2.42 bits per heavy atom. The fourth-order valence-corrected chi connectivity index (χ4v) is 1.70. The molecule has 19 heavy (non-hydrogen) atoms. The van der Waals surface area contributed by atoms with E-state index < -0.39 is 6.09 Å². The van der Waals surface area contributed by atoms with Crippen molar-refractivity contribution in [1.82, 2.24) is 0 Å². The number of carbonyl (C=O) groups excluding carboxylic acids is 1. The Hall–Kier alpha value is -1.71. The van der Waals surface area contributed by atoms with Gasteiger partial charge in [0, 0.05) is 5.69 Å². The van der Waals surface area contributed by atoms with Crippen molar-refractivity contribution in [2.24, 2.45) is 0 Å². The molecule has 0 bridgehead atoms. The van der Waals surface area contributed by atoms with Crippen molar-refractivity contribution in [3.8, 4) is 5.75 Å². The lowest BCUT2D eigenvalue weighted by atomic mass is 10.2. The molecule has 1 aromatic carbocycles. The molecule has 1 aromatic rings. The van der Waals surface area contributed by atoms with Gasteiger partial charge in [0.2, 0.25) is 0 Å². The zero-order chi connectivity index (χ0) is 13.9. The van der Waals surface area contributed by atoms with Crippen LogP contribution in [-0.2, 0) is 4.74 Å². The second kappa shape index (κ2) is 9.25. The summed E-state index contributed by atoms with van der Waals surface area (Å²) in [7, 11) is 1.34. The highest BCUT2D eigenvalue weighted by Crippen LogP contribution is 2.16. The predicted molar refractivity (Wildman–Crippen MR) is 76.7 cm³/mol. The number of hydrogen-bond donors (Lipinski definition) is 1. The van der Waals surface area contributed by atoms with Gasteiger partial charge in [-0.25, -0.2) is 4.79 Å². The van der Waals surface area contributed by atoms with Crippen molar-refractivity contribution in [1.29, 1.82) is 0 Å². The SMILES string of the molecule is CCCCCCCOc1ccc(NC(=O)OC)cc1. The van der Waals surface area contributed by atoms with Crippen molar-refractivity contribution in [2.45, 2.75) is 39.0 Å². The first-order chi connectivity index (χ1) is 9.26. The maximum absolute atomic E-state index is 11.0. The number of ether oxygens (including phenoxy) is 2. The van der Waals surface area contributed by atoms with E-state index in [2.05, 4.69) is 17.0 Å². The second-order valence-electron chi connectivity index (χ2n) is 4.40. The van der Waals surface area contributed by atoms with Crippen LogP contribution in [0.4, 0.5) is 10.5 Å². The lowest BCUT2D eigenvalue weighted by Gasteiger charge is -2.07. The summed E-state index contributed by atoms with van der Waals surface area (Å²) < 4.78 is 10.1. The van der Waals surface area contributed by atoms with Gasteiger partial charge in [-0.05, 0) is 30.7 Å². The molecule has 0 heterocycles. The number of methoxy groups -OCH3 is 1. The highest BCUT2D eigenvalue weighted by Gasteiger charge is 2.00. The van der Waals surface area contributed by atoms with E-state index in [9.17, 15) is 4.79 Å². The van der Waals surface area contributed by atoms with Crippen molar-refractivity contribution >= 4 is 11.8 Å². The van der Waals surface area contributed by atoms with Crippen LogP contribution in [0.3, 0.4) is 0 Å². The molecule has 0 aliphatic carbocycles. The zero-order valence-electron chi connectivity index (χ0n) is 11.8. The first kappa shape index (κ1) is 15.3. The summed E-state index contributed by atoms with van der Waals surface area (Å²) in [6.07, 6.45) is 5.67. The van der Waals surface area contributed by atoms with Crippen molar-refractivity contribution < 1.29 is 14.3 Å². The van der Waals surface area contributed by atoms with Crippen LogP contribution in [-0.4, -0.2) is 19.8 Å². The zero-order valence-corrected chi connectivity index (χ0v) is 11.8. The fourth-order valence-electron chi connectivity index (χ4n) is 1.70. The predicted octanol–water partition coefficient (Wildman–Crippen LogP) is 4.21. The van der Waals surface area contributed by atoms with Crippen LogP contribution >= 0.6 is 0 Å². The molecule has 0 saturated heterocycles. The van der Waals surface area contributed by atoms with Crippen molar-refractivity contribution in [3.05, 3.63) is 24.3 Å². The summed E-state index contributed by atoms with van der Waals surface area (Å²) in [5, 5.41) is 2.59. The molecule has 0 atom stereocenters. The van der Waals surface area contributed by atoms with Gasteiger partial charge in [0.25, 0.3) is 0 Å². The van der Waals surface area contributed by atoms with Crippen LogP contribution in [0.5, 0.6) is 5.75 Å². The quantitative estimate of drug-likeness (QED) is 0.716. The topological polar surface area (TPSA) is 47.6 Å². The molecular formula is C15H23NO3. The molecule has 0 saturated carbocycles. The molecule has 0 spiro atoms. The number of hydrogen-bond acceptors (Lipinski definition) is 3. The summed E-state index contributed by atoms with van der Waals surface area (Å²) in [6.45, 7) is 2.95. The average Bonchev–Trinajstić information content (AvgIpc) is 2.44. The van der Waals surface area contributed by atoms with Gasteiger partial charge < -0.3 is 9.47 Å². The second-order valence-corrected chi connectivity index (χ2v) is 4.40. The molecule has 4 nitrogen and oxygen atoms in total. The number of anilines is 1. The number of carbonyl (C=O) groups is 1. The van der Waals surface area contributed by atoms with E-state index in [0.717, 1.165) is 18.8 Å². The van der Waals surface area contributed by atoms with Crippen molar-refractivity contribution in [3.63, 3.8) is 0 Å². The Morgan fingerprint density at radius 2 is 1.79 bits per heavy atom. The van der Waals surface area contributed by atoms with E-state index in [-0.39, 0.29) is 0 Å². The van der Waals surface area contributed by atoms with Crippen LogP contribution in [0.1, 0.15) is 39.0 Å². The fraction of sp³-hybridized carbons (Fsp3) is 0.533. The standard InChI is InChI=1S/C15H23NO3/c1-3-4-5-6-7-12-19-14-10-8-13(9-11-14)16-15(17)18-2/h8-11H,3-7,12H2,1-2H3,(H,16,17). The van der Waals surface area contributed by atoms with Crippen LogP contribution in [0.25, 0.3) is 0 Å². The number of benzene rings is 1. The van der Waals surface area contributed by atoms with Gasteiger partial charge in [0.15, 0.2) is 0 Å². The summed E-state index contributed by atoms with van der Waals surface area (Å²) in [5.74, 6) is 0.825. The molecule has 4 heteroatoms. The highest BCUT2D eigenvalue weighted by molar-refractivity contribution is 5.84. The summed E-state index contributed by atoms with van der Waals surface area (Å²) in [4.78, 5) is 11.0. The Kier molecular flexibility index (Phi) is 7.47. The molecule has 0 fully saturated rings. The van der Waals surface area contributed by atoms with Crippen LogP contribution in [0, 0.1) is 0 Å². The largest absolute Gasteiger partial charge is 0.494 e. The smallest absolute Gasteiger partial charge is 0.411 e. The Labute approximate surface area is 115 Å². The molecule has 0 aliphatic rings. The summed E-state index contributed by atoms with van der Waals surface area (Å²) in [6, 6.07) is 7.28. The van der Waals surface area contributed by atoms with Crippen LogP contribution < -0.4 is 10.1 Å². The lowest BCUT2D eigenvalue weighted by Crippen LogP contribution is -2.10. The average molecular weight is 265 g/mol. The van der Waals surface area contributed by atoms with E-state index in [0.29, 0.717) is 5.69 Å². The number of rotatable bonds is 8. The third kappa shape index (κ3) is 6.70. The lowest BCUT2D eigenvalue weighted by molar-refractivity contribution is 0.187. The molecule has 0 aliphatic heterocycles. The van der Waals surface area contributed by atoms with Gasteiger partial charge in [0.1, 0.15) is 5.75 Å². The molecular weight excluding hydrogens is 242 g/mol. The third-order valence-corrected chi connectivity index (χ3v) is 2.80. The van der Waals surface area contributed by atoms with Gasteiger partial charge in [-0.2, -0.15) is 0 Å². The molecule has 0 radical (unpaired) electrons. The maximum atomic E-state index is 11.0. The molecule has 0 unspecified atom stereocenters. The monoisotopic (exact) mass is 265 g/mol.